The number of Topliss-reactive ketones (excluding diaryl/α,β-unsaturated/α-hetero) is 1. The van der Waals surface area contributed by atoms with E-state index in [2.05, 4.69) is 44.5 Å². The Morgan fingerprint density at radius 1 is 1.00 bits per heavy atom. The lowest BCUT2D eigenvalue weighted by Gasteiger charge is -2.02. The number of ketones is 1. The van der Waals surface area contributed by atoms with E-state index in [4.69, 9.17) is 5.41 Å². The van der Waals surface area contributed by atoms with Crippen LogP contribution in [0.4, 0.5) is 0 Å². The molecule has 1 aromatic carbocycles. The summed E-state index contributed by atoms with van der Waals surface area (Å²) in [5.74, 6) is -0.115. The molecule has 5 heteroatoms. The first-order valence-corrected chi connectivity index (χ1v) is 6.65. The van der Waals surface area contributed by atoms with E-state index in [0.717, 1.165) is 4.90 Å². The summed E-state index contributed by atoms with van der Waals surface area (Å²) in [5, 5.41) is 7.17. The molecule has 0 radical (unpaired) electrons. The lowest BCUT2D eigenvalue weighted by molar-refractivity contribution is -0.110. The fraction of sp³-hybridized carbons (Fsp3) is 0. The molecule has 0 unspecified atom stereocenters. The highest BCUT2D eigenvalue weighted by atomic mass is 79.9. The molecule has 0 saturated carbocycles. The van der Waals surface area contributed by atoms with Crippen LogP contribution in [0.3, 0.4) is 0 Å². The molecular formula is C12H9Br2NOS. The number of allylic oxidation sites excluding steroid dienone is 4. The van der Waals surface area contributed by atoms with Crippen molar-refractivity contribution >= 4 is 56.0 Å². The molecule has 1 N–H and O–H groups in total. The number of thiol groups is 1. The summed E-state index contributed by atoms with van der Waals surface area (Å²) in [5.41, 5.74) is 0.318. The Balaban J connectivity index is 0.000000181. The molecule has 1 aliphatic rings. The van der Waals surface area contributed by atoms with Gasteiger partial charge in [-0.2, -0.15) is 0 Å². The van der Waals surface area contributed by atoms with Crippen molar-refractivity contribution in [3.8, 4) is 0 Å². The van der Waals surface area contributed by atoms with Crippen molar-refractivity contribution in [1.29, 1.82) is 5.41 Å². The molecule has 2 nitrogen and oxygen atoms in total. The summed E-state index contributed by atoms with van der Waals surface area (Å²) in [6, 6.07) is 9.79. The van der Waals surface area contributed by atoms with Gasteiger partial charge in [-0.05, 0) is 56.1 Å². The summed E-state index contributed by atoms with van der Waals surface area (Å²) in [4.78, 5) is 12.0. The zero-order chi connectivity index (χ0) is 12.8. The molecule has 0 aromatic heterocycles. The molecule has 0 heterocycles. The second-order valence-corrected chi connectivity index (χ2v) is 5.33. The third-order valence-corrected chi connectivity index (χ3v) is 3.23. The third-order valence-electron chi connectivity index (χ3n) is 1.75. The van der Waals surface area contributed by atoms with E-state index in [9.17, 15) is 4.79 Å². The van der Waals surface area contributed by atoms with Crippen LogP contribution in [0.1, 0.15) is 0 Å². The van der Waals surface area contributed by atoms with E-state index < -0.39 is 0 Å². The van der Waals surface area contributed by atoms with Gasteiger partial charge in [0.25, 0.3) is 0 Å². The molecule has 0 bridgehead atoms. The molecule has 1 aliphatic carbocycles. The Morgan fingerprint density at radius 3 is 1.82 bits per heavy atom. The number of hydrogen-bond donors (Lipinski definition) is 2. The van der Waals surface area contributed by atoms with Crippen LogP contribution < -0.4 is 0 Å². The summed E-state index contributed by atoms with van der Waals surface area (Å²) in [6.45, 7) is 0. The van der Waals surface area contributed by atoms with Crippen LogP contribution in [0.15, 0.2) is 56.3 Å². The maximum atomic E-state index is 10.9. The monoisotopic (exact) mass is 373 g/mol. The highest BCUT2D eigenvalue weighted by Gasteiger charge is 2.15. The first-order valence-electron chi connectivity index (χ1n) is 4.62. The number of nitrogens with one attached hydrogen (secondary N) is 1. The average molecular weight is 375 g/mol. The normalized spacial score (nSPS) is 14.5. The van der Waals surface area contributed by atoms with E-state index in [1.54, 1.807) is 0 Å². The Labute approximate surface area is 122 Å². The molecule has 0 saturated heterocycles. The first kappa shape index (κ1) is 14.4. The second-order valence-electron chi connectivity index (χ2n) is 3.10. The lowest BCUT2D eigenvalue weighted by atomic mass is 10.2. The van der Waals surface area contributed by atoms with Gasteiger partial charge in [0.2, 0.25) is 5.78 Å². The number of carbonyl (C=O) groups excluding carboxylic acids is 1. The van der Waals surface area contributed by atoms with Crippen molar-refractivity contribution < 1.29 is 4.79 Å². The van der Waals surface area contributed by atoms with Crippen LogP contribution >= 0.6 is 44.5 Å². The molecule has 0 amide bonds. The standard InChI is InChI=1S/C6H3Br2NO.C6H6S/c7-4-1-3(9)2-5(8)6(4)10;7-6-4-2-1-3-5-6/h1-2,9H;1-5,7H. The number of benzene rings is 1. The van der Waals surface area contributed by atoms with Crippen molar-refractivity contribution in [3.63, 3.8) is 0 Å². The van der Waals surface area contributed by atoms with Gasteiger partial charge in [0.1, 0.15) is 0 Å². The van der Waals surface area contributed by atoms with Crippen molar-refractivity contribution in [2.45, 2.75) is 4.90 Å². The van der Waals surface area contributed by atoms with Crippen molar-refractivity contribution in [1.82, 2.24) is 0 Å². The molecule has 1 aromatic rings. The van der Waals surface area contributed by atoms with Crippen molar-refractivity contribution in [2.24, 2.45) is 0 Å². The molecule has 17 heavy (non-hydrogen) atoms. The highest BCUT2D eigenvalue weighted by molar-refractivity contribution is 9.13. The van der Waals surface area contributed by atoms with Crippen molar-refractivity contribution in [3.05, 3.63) is 51.4 Å². The maximum Gasteiger partial charge on any atom is 0.207 e. The Bertz CT molecular complexity index is 470. The smallest absolute Gasteiger partial charge is 0.207 e. The molecular weight excluding hydrogens is 366 g/mol. The van der Waals surface area contributed by atoms with E-state index in [-0.39, 0.29) is 5.78 Å². The van der Waals surface area contributed by atoms with Gasteiger partial charge in [-0.25, -0.2) is 0 Å². The zero-order valence-corrected chi connectivity index (χ0v) is 12.7. The highest BCUT2D eigenvalue weighted by Crippen LogP contribution is 2.21. The van der Waals surface area contributed by atoms with Crippen LogP contribution in [-0.2, 0) is 4.79 Å². The fourth-order valence-electron chi connectivity index (χ4n) is 0.988. The van der Waals surface area contributed by atoms with E-state index in [1.807, 2.05) is 30.3 Å². The predicted molar refractivity (Wildman–Crippen MR) is 80.4 cm³/mol. The quantitative estimate of drug-likeness (QED) is 0.520. The van der Waals surface area contributed by atoms with Crippen LogP contribution in [0.25, 0.3) is 0 Å². The molecule has 2 rings (SSSR count). The number of carbonyl (C=O) groups is 1. The van der Waals surface area contributed by atoms with Gasteiger partial charge < -0.3 is 5.41 Å². The largest absolute Gasteiger partial charge is 0.301 e. The van der Waals surface area contributed by atoms with Crippen molar-refractivity contribution in [2.75, 3.05) is 0 Å². The minimum Gasteiger partial charge on any atom is -0.301 e. The summed E-state index contributed by atoms with van der Waals surface area (Å²) in [6.07, 6.45) is 2.93. The molecule has 0 atom stereocenters. The lowest BCUT2D eigenvalue weighted by Crippen LogP contribution is -2.05. The van der Waals surface area contributed by atoms with Gasteiger partial charge in [0.15, 0.2) is 0 Å². The minimum atomic E-state index is -0.115. The fourth-order valence-corrected chi connectivity index (χ4v) is 2.35. The SMILES string of the molecule is N=C1C=C(Br)C(=O)C(Br)=C1.Sc1ccccc1. The molecule has 0 fully saturated rings. The Hall–Kier alpha value is -0.650. The topological polar surface area (TPSA) is 40.9 Å². The maximum absolute atomic E-state index is 10.9. The molecule has 0 spiro atoms. The van der Waals surface area contributed by atoms with Gasteiger partial charge in [-0.3, -0.25) is 4.79 Å². The number of halogens is 2. The van der Waals surface area contributed by atoms with Crippen LogP contribution in [0.5, 0.6) is 0 Å². The molecule has 0 aliphatic heterocycles. The van der Waals surface area contributed by atoms with E-state index in [1.165, 1.54) is 12.2 Å². The van der Waals surface area contributed by atoms with Gasteiger partial charge in [0, 0.05) is 4.90 Å². The van der Waals surface area contributed by atoms with Gasteiger partial charge in [-0.1, -0.05) is 18.2 Å². The number of hydrogen-bond acceptors (Lipinski definition) is 3. The summed E-state index contributed by atoms with van der Waals surface area (Å²) in [7, 11) is 0. The van der Waals surface area contributed by atoms with Crippen LogP contribution in [0, 0.1) is 5.41 Å². The Kier molecular flexibility index (Phi) is 5.88. The van der Waals surface area contributed by atoms with Gasteiger partial charge in [-0.15, -0.1) is 12.6 Å². The molecule has 88 valence electrons. The van der Waals surface area contributed by atoms with Gasteiger partial charge in [0.05, 0.1) is 14.7 Å². The Morgan fingerprint density at radius 2 is 1.47 bits per heavy atom. The first-order chi connectivity index (χ1) is 8.00. The van der Waals surface area contributed by atoms with Crippen LogP contribution in [0.2, 0.25) is 0 Å². The van der Waals surface area contributed by atoms with E-state index >= 15 is 0 Å². The van der Waals surface area contributed by atoms with Crippen LogP contribution in [-0.4, -0.2) is 11.5 Å². The van der Waals surface area contributed by atoms with Gasteiger partial charge >= 0.3 is 0 Å². The minimum absolute atomic E-state index is 0.115. The summed E-state index contributed by atoms with van der Waals surface area (Å²) >= 11 is 10.2. The zero-order valence-electron chi connectivity index (χ0n) is 8.65. The number of rotatable bonds is 0. The van der Waals surface area contributed by atoms with E-state index in [0.29, 0.717) is 14.7 Å². The predicted octanol–water partition coefficient (Wildman–Crippen LogP) is 4.12. The summed E-state index contributed by atoms with van der Waals surface area (Å²) < 4.78 is 0.846. The average Bonchev–Trinajstić information content (AvgIpc) is 2.27. The second kappa shape index (κ2) is 6.93. The third kappa shape index (κ3) is 5.02.